The van der Waals surface area contributed by atoms with E-state index in [1.807, 2.05) is 30.5 Å². The van der Waals surface area contributed by atoms with Crippen molar-refractivity contribution < 1.29 is 18.9 Å². The Balaban J connectivity index is 1.42. The number of hydrogen-bond donors (Lipinski definition) is 1. The molecule has 1 aromatic heterocycles. The number of carbonyl (C=O) groups excluding carboxylic acids is 2. The lowest BCUT2D eigenvalue weighted by Crippen LogP contribution is -2.28. The molecule has 11 heteroatoms. The van der Waals surface area contributed by atoms with E-state index >= 15 is 0 Å². The summed E-state index contributed by atoms with van der Waals surface area (Å²) >= 11 is 6.88. The Bertz CT molecular complexity index is 1530. The maximum Gasteiger partial charge on any atom is 0.294 e. The van der Waals surface area contributed by atoms with Crippen LogP contribution < -0.4 is 5.32 Å². The summed E-state index contributed by atoms with van der Waals surface area (Å²) < 4.78 is 16.2. The normalized spacial score (nSPS) is 17.2. The third-order valence-corrected chi connectivity index (χ3v) is 8.67. The molecule has 0 bridgehead atoms. The molecule has 2 fully saturated rings. The number of amides is 2. The molecule has 0 unspecified atom stereocenters. The van der Waals surface area contributed by atoms with E-state index in [1.54, 1.807) is 18.2 Å². The van der Waals surface area contributed by atoms with E-state index in [9.17, 15) is 24.1 Å². The van der Waals surface area contributed by atoms with Crippen LogP contribution in [-0.4, -0.2) is 31.6 Å². The molecule has 208 valence electrons. The number of nitrogens with zero attached hydrogens (tertiary/aromatic N) is 3. The number of nitro groups is 1. The van der Waals surface area contributed by atoms with Crippen LogP contribution in [0.15, 0.2) is 47.4 Å². The van der Waals surface area contributed by atoms with Crippen LogP contribution >= 0.6 is 23.4 Å². The summed E-state index contributed by atoms with van der Waals surface area (Å²) in [7, 11) is 0. The molecule has 8 nitrogen and oxygen atoms in total. The zero-order valence-electron chi connectivity index (χ0n) is 22.1. The van der Waals surface area contributed by atoms with Crippen LogP contribution in [0.2, 0.25) is 5.02 Å². The largest absolute Gasteiger partial charge is 0.377 e. The first kappa shape index (κ1) is 27.9. The number of anilines is 1. The van der Waals surface area contributed by atoms with Crippen LogP contribution in [0.4, 0.5) is 20.6 Å². The van der Waals surface area contributed by atoms with Gasteiger partial charge in [0, 0.05) is 34.1 Å². The summed E-state index contributed by atoms with van der Waals surface area (Å²) in [5.74, 6) is -1.12. The van der Waals surface area contributed by atoms with Crippen LogP contribution in [-0.2, 0) is 11.3 Å². The lowest BCUT2D eigenvalue weighted by molar-refractivity contribution is -0.384. The second-order valence-electron chi connectivity index (χ2n) is 10.1. The van der Waals surface area contributed by atoms with Crippen molar-refractivity contribution in [2.24, 2.45) is 0 Å². The highest BCUT2D eigenvalue weighted by molar-refractivity contribution is 8.18. The minimum atomic E-state index is -0.590. The molecule has 0 spiro atoms. The highest BCUT2D eigenvalue weighted by Gasteiger charge is 2.36. The number of thioether (sulfide) groups is 1. The first-order valence-corrected chi connectivity index (χ1v) is 14.3. The average Bonchev–Trinajstić information content (AvgIpc) is 3.35. The van der Waals surface area contributed by atoms with E-state index in [2.05, 4.69) is 5.32 Å². The van der Waals surface area contributed by atoms with Gasteiger partial charge in [-0.3, -0.25) is 24.6 Å². The second kappa shape index (κ2) is 11.5. The van der Waals surface area contributed by atoms with Crippen molar-refractivity contribution in [1.82, 2.24) is 9.47 Å². The number of hydrogen-bond acceptors (Lipinski definition) is 6. The molecular formula is C29H28ClFN4O4S. The molecule has 2 amide bonds. The molecule has 1 saturated heterocycles. The number of halogens is 2. The van der Waals surface area contributed by atoms with Gasteiger partial charge in [0.2, 0.25) is 0 Å². The number of aromatic nitrogens is 1. The van der Waals surface area contributed by atoms with Gasteiger partial charge in [-0.15, -0.1) is 0 Å². The van der Waals surface area contributed by atoms with Crippen molar-refractivity contribution >= 4 is 52.0 Å². The first-order valence-electron chi connectivity index (χ1n) is 13.1. The number of nitro benzene ring substituents is 1. The van der Waals surface area contributed by atoms with E-state index < -0.39 is 17.0 Å². The van der Waals surface area contributed by atoms with Gasteiger partial charge >= 0.3 is 0 Å². The summed E-state index contributed by atoms with van der Waals surface area (Å²) in [6.07, 6.45) is 7.04. The van der Waals surface area contributed by atoms with Crippen LogP contribution in [0.25, 0.3) is 11.8 Å². The fourth-order valence-electron chi connectivity index (χ4n) is 5.35. The summed E-state index contributed by atoms with van der Waals surface area (Å²) in [5, 5.41) is 14.9. The standard InChI is InChI=1S/C29H28ClFN4O4S/c1-17-13-19(14-27-28(36)33(29(37)40-27)16-22-23(30)9-6-10-24(22)31)18(2)34(17)21-11-12-25(26(15-21)35(38)39)32-20-7-4-3-5-8-20/h6,9-15,20,32H,3-5,7-8,16H2,1-2H3/b27-14-. The van der Waals surface area contributed by atoms with E-state index in [0.717, 1.165) is 53.7 Å². The predicted molar refractivity (Wildman–Crippen MR) is 155 cm³/mol. The van der Waals surface area contributed by atoms with Gasteiger partial charge in [0.05, 0.1) is 22.1 Å². The summed E-state index contributed by atoms with van der Waals surface area (Å²) in [6, 6.07) is 11.4. The van der Waals surface area contributed by atoms with Gasteiger partial charge in [-0.2, -0.15) is 0 Å². The SMILES string of the molecule is Cc1cc(/C=C2\SC(=O)N(Cc3c(F)cccc3Cl)C2=O)c(C)n1-c1ccc(NC2CCCCC2)c([N+](=O)[O-])c1. The van der Waals surface area contributed by atoms with Crippen LogP contribution in [0.1, 0.15) is 54.6 Å². The number of benzene rings is 2. The summed E-state index contributed by atoms with van der Waals surface area (Å²) in [5.41, 5.74) is 3.47. The van der Waals surface area contributed by atoms with Gasteiger partial charge in [-0.05, 0) is 80.4 Å². The molecule has 1 N–H and O–H groups in total. The molecular weight excluding hydrogens is 555 g/mol. The summed E-state index contributed by atoms with van der Waals surface area (Å²) in [6.45, 7) is 3.45. The number of nitrogens with one attached hydrogen (secondary N) is 1. The number of imide groups is 1. The zero-order chi connectivity index (χ0) is 28.6. The third kappa shape index (κ3) is 5.51. The highest BCUT2D eigenvalue weighted by atomic mass is 35.5. The Morgan fingerprint density at radius 1 is 1.15 bits per heavy atom. The number of aryl methyl sites for hydroxylation is 1. The lowest BCUT2D eigenvalue weighted by atomic mass is 9.95. The Morgan fingerprint density at radius 3 is 2.60 bits per heavy atom. The summed E-state index contributed by atoms with van der Waals surface area (Å²) in [4.78, 5) is 38.5. The molecule has 5 rings (SSSR count). The zero-order valence-corrected chi connectivity index (χ0v) is 23.7. The minimum absolute atomic E-state index is 0.00467. The second-order valence-corrected chi connectivity index (χ2v) is 11.5. The van der Waals surface area contributed by atoms with Gasteiger partial charge < -0.3 is 9.88 Å². The van der Waals surface area contributed by atoms with Gasteiger partial charge in [-0.1, -0.05) is 36.9 Å². The van der Waals surface area contributed by atoms with Crippen molar-refractivity contribution in [3.63, 3.8) is 0 Å². The van der Waals surface area contributed by atoms with Crippen LogP contribution in [0.3, 0.4) is 0 Å². The Kier molecular flexibility index (Phi) is 8.00. The molecule has 0 atom stereocenters. The molecule has 2 aliphatic rings. The van der Waals surface area contributed by atoms with Crippen molar-refractivity contribution in [2.45, 2.75) is 58.5 Å². The fraction of sp³-hybridized carbons (Fsp3) is 0.310. The quantitative estimate of drug-likeness (QED) is 0.173. The Hall–Kier alpha value is -3.63. The molecule has 1 saturated carbocycles. The van der Waals surface area contributed by atoms with Crippen LogP contribution in [0, 0.1) is 29.8 Å². The van der Waals surface area contributed by atoms with Gasteiger partial charge in [0.1, 0.15) is 11.5 Å². The molecule has 0 radical (unpaired) electrons. The van der Waals surface area contributed by atoms with Gasteiger partial charge in [0.15, 0.2) is 0 Å². The molecule has 40 heavy (non-hydrogen) atoms. The van der Waals surface area contributed by atoms with E-state index in [0.29, 0.717) is 16.9 Å². The molecule has 1 aliphatic heterocycles. The third-order valence-electron chi connectivity index (χ3n) is 7.41. The van der Waals surface area contributed by atoms with Gasteiger partial charge in [0.25, 0.3) is 16.8 Å². The molecule has 1 aliphatic carbocycles. The predicted octanol–water partition coefficient (Wildman–Crippen LogP) is 7.78. The maximum absolute atomic E-state index is 14.3. The van der Waals surface area contributed by atoms with Crippen molar-refractivity contribution in [1.29, 1.82) is 0 Å². The lowest BCUT2D eigenvalue weighted by Gasteiger charge is -2.24. The monoisotopic (exact) mass is 582 g/mol. The molecule has 3 aromatic rings. The van der Waals surface area contributed by atoms with Crippen molar-refractivity contribution in [3.8, 4) is 5.69 Å². The minimum Gasteiger partial charge on any atom is -0.377 e. The van der Waals surface area contributed by atoms with Crippen molar-refractivity contribution in [3.05, 3.63) is 90.8 Å². The topological polar surface area (TPSA) is 97.5 Å². The van der Waals surface area contributed by atoms with Gasteiger partial charge in [-0.25, -0.2) is 4.39 Å². The maximum atomic E-state index is 14.3. The smallest absolute Gasteiger partial charge is 0.294 e. The van der Waals surface area contributed by atoms with E-state index in [4.69, 9.17) is 11.6 Å². The van der Waals surface area contributed by atoms with E-state index in [-0.39, 0.29) is 38.7 Å². The van der Waals surface area contributed by atoms with E-state index in [1.165, 1.54) is 24.6 Å². The first-order chi connectivity index (χ1) is 19.1. The molecule has 2 aromatic carbocycles. The fourth-order valence-corrected chi connectivity index (χ4v) is 6.40. The number of carbonyl (C=O) groups is 2. The highest BCUT2D eigenvalue weighted by Crippen LogP contribution is 2.37. The Morgan fingerprint density at radius 2 is 1.90 bits per heavy atom. The number of rotatable bonds is 7. The average molecular weight is 583 g/mol. The van der Waals surface area contributed by atoms with Crippen LogP contribution in [0.5, 0.6) is 0 Å². The van der Waals surface area contributed by atoms with Crippen molar-refractivity contribution in [2.75, 3.05) is 5.32 Å². The molecule has 2 heterocycles. The Labute approximate surface area is 240 Å².